The monoisotopic (exact) mass is 407 g/mol. The van der Waals surface area contributed by atoms with Crippen molar-refractivity contribution in [3.8, 4) is 11.5 Å². The van der Waals surface area contributed by atoms with Crippen LogP contribution < -0.4 is 10.4 Å². The van der Waals surface area contributed by atoms with E-state index in [1.807, 2.05) is 30.5 Å². The van der Waals surface area contributed by atoms with Crippen molar-refractivity contribution >= 4 is 24.4 Å². The summed E-state index contributed by atoms with van der Waals surface area (Å²) in [5, 5.41) is 24.0. The molecule has 0 aromatic heterocycles. The number of phenols is 2. The molecule has 0 spiro atoms. The molecule has 154 valence electrons. The van der Waals surface area contributed by atoms with E-state index in [1.165, 1.54) is 45.5 Å². The number of nitrogens with zero attached hydrogens (tertiary/aromatic N) is 1. The fourth-order valence-electron chi connectivity index (χ4n) is 4.66. The molecule has 0 saturated carbocycles. The molecule has 0 radical (unpaired) electrons. The highest BCUT2D eigenvalue weighted by Gasteiger charge is 2.13. The van der Waals surface area contributed by atoms with Crippen LogP contribution in [0.3, 0.4) is 0 Å². The summed E-state index contributed by atoms with van der Waals surface area (Å²) in [4.78, 5) is 4.20. The lowest BCUT2D eigenvalue weighted by Crippen LogP contribution is -2.19. The highest BCUT2D eigenvalue weighted by Crippen LogP contribution is 2.23. The third kappa shape index (κ3) is 3.68. The van der Waals surface area contributed by atoms with E-state index in [0.29, 0.717) is 0 Å². The van der Waals surface area contributed by atoms with Crippen molar-refractivity contribution in [1.29, 1.82) is 0 Å². The summed E-state index contributed by atoms with van der Waals surface area (Å²) in [6.07, 6.45) is 14.6. The number of hydrogen-bond acceptors (Lipinski definition) is 3. The van der Waals surface area contributed by atoms with Gasteiger partial charge in [0.15, 0.2) is 11.5 Å². The van der Waals surface area contributed by atoms with Crippen LogP contribution in [0, 0.1) is 10.4 Å². The Labute approximate surface area is 181 Å². The van der Waals surface area contributed by atoms with Crippen LogP contribution in [0.1, 0.15) is 35.1 Å². The zero-order chi connectivity index (χ0) is 21.2. The molecule has 6 rings (SSSR count). The molecule has 0 amide bonds. The van der Waals surface area contributed by atoms with Crippen molar-refractivity contribution in [1.82, 2.24) is 0 Å². The highest BCUT2D eigenvalue weighted by atomic mass is 16.3. The molecule has 3 heteroatoms. The summed E-state index contributed by atoms with van der Waals surface area (Å²) in [7, 11) is 0. The van der Waals surface area contributed by atoms with E-state index in [-0.39, 0.29) is 11.5 Å². The van der Waals surface area contributed by atoms with E-state index < -0.39 is 0 Å². The predicted octanol–water partition coefficient (Wildman–Crippen LogP) is 4.12. The van der Waals surface area contributed by atoms with E-state index in [0.717, 1.165) is 29.8 Å². The van der Waals surface area contributed by atoms with Crippen LogP contribution in [0.4, 0.5) is 0 Å². The minimum Gasteiger partial charge on any atom is -0.504 e. The van der Waals surface area contributed by atoms with Crippen LogP contribution in [-0.2, 0) is 19.4 Å². The molecule has 0 unspecified atom stereocenters. The number of rotatable bonds is 0. The van der Waals surface area contributed by atoms with Crippen LogP contribution >= 0.6 is 0 Å². The van der Waals surface area contributed by atoms with Crippen molar-refractivity contribution in [3.05, 3.63) is 97.7 Å². The fourth-order valence-corrected chi connectivity index (χ4v) is 4.66. The Balaban J connectivity index is 0.000000157. The van der Waals surface area contributed by atoms with Crippen molar-refractivity contribution < 1.29 is 10.2 Å². The first kappa shape index (κ1) is 19.4. The zero-order valence-electron chi connectivity index (χ0n) is 17.4. The molecule has 3 aromatic rings. The Hall–Kier alpha value is -3.59. The predicted molar refractivity (Wildman–Crippen MR) is 126 cm³/mol. The number of fused-ring (bicyclic) bond motifs is 5. The second kappa shape index (κ2) is 8.27. The molecule has 0 fully saturated rings. The number of aromatic hydroxyl groups is 2. The van der Waals surface area contributed by atoms with Crippen LogP contribution in [0.2, 0.25) is 0 Å². The molecule has 0 atom stereocenters. The summed E-state index contributed by atoms with van der Waals surface area (Å²) in [5.41, 5.74) is 5.43. The smallest absolute Gasteiger partial charge is 0.165 e. The van der Waals surface area contributed by atoms with Crippen LogP contribution in [-0.4, -0.2) is 16.4 Å². The average molecular weight is 408 g/mol. The van der Waals surface area contributed by atoms with Gasteiger partial charge in [0.2, 0.25) is 0 Å². The van der Waals surface area contributed by atoms with Crippen LogP contribution in [0.25, 0.3) is 18.2 Å². The van der Waals surface area contributed by atoms with E-state index in [9.17, 15) is 10.2 Å². The molecule has 3 aromatic carbocycles. The minimum absolute atomic E-state index is 0.00238. The fraction of sp³-hybridized carbons (Fsp3) is 0.179. The summed E-state index contributed by atoms with van der Waals surface area (Å²) in [6, 6.07) is 16.1. The van der Waals surface area contributed by atoms with E-state index in [2.05, 4.69) is 47.5 Å². The van der Waals surface area contributed by atoms with Gasteiger partial charge in [-0.15, -0.1) is 0 Å². The summed E-state index contributed by atoms with van der Waals surface area (Å²) >= 11 is 0. The van der Waals surface area contributed by atoms with Crippen molar-refractivity contribution in [2.75, 3.05) is 0 Å². The molecule has 2 N–H and O–H groups in total. The topological polar surface area (TPSA) is 52.8 Å². The standard InChI is InChI=1S/C18H16O2.C10H9N/c19-17-10-9-15-14-6-5-11-3-1-2-4-12(11)13(14)7-8-16(15)18(17)20;1-2-5-10-8-11-7-3-6-9(10)4-1/h3,5-6,8-10,19-20H,1-2,4,7H2;1-7H,8H2. The van der Waals surface area contributed by atoms with Gasteiger partial charge in [0.25, 0.3) is 0 Å². The molecule has 1 aliphatic heterocycles. The maximum atomic E-state index is 10.0. The van der Waals surface area contributed by atoms with E-state index >= 15 is 0 Å². The Kier molecular flexibility index (Phi) is 5.17. The molecule has 0 bridgehead atoms. The third-order valence-electron chi connectivity index (χ3n) is 6.24. The second-order valence-corrected chi connectivity index (χ2v) is 8.11. The maximum absolute atomic E-state index is 10.0. The lowest BCUT2D eigenvalue weighted by molar-refractivity contribution is 0.400. The Morgan fingerprint density at radius 3 is 2.65 bits per heavy atom. The van der Waals surface area contributed by atoms with Gasteiger partial charge in [-0.3, -0.25) is 4.99 Å². The number of hydrogen-bond donors (Lipinski definition) is 2. The first-order valence-corrected chi connectivity index (χ1v) is 10.8. The van der Waals surface area contributed by atoms with Gasteiger partial charge >= 0.3 is 0 Å². The van der Waals surface area contributed by atoms with Gasteiger partial charge < -0.3 is 10.2 Å². The average Bonchev–Trinajstić information content (AvgIpc) is 3.07. The quantitative estimate of drug-likeness (QED) is 0.551. The Bertz CT molecular complexity index is 1430. The lowest BCUT2D eigenvalue weighted by Gasteiger charge is -2.16. The van der Waals surface area contributed by atoms with Crippen LogP contribution in [0.5, 0.6) is 11.5 Å². The number of allylic oxidation sites excluding steroid dienone is 1. The summed E-state index contributed by atoms with van der Waals surface area (Å²) in [5.74, 6) is -0.0489. The number of phenolic OH excluding ortho intramolecular Hbond substituents is 2. The Morgan fingerprint density at radius 1 is 0.839 bits per heavy atom. The SMILES string of the molecule is C1=Cc2ccccc2CN=C1.Oc1ccc2c(c1O)=CCc1c3c(ccc1=2)=CCCC3. The molecule has 31 heavy (non-hydrogen) atoms. The van der Waals surface area contributed by atoms with E-state index in [4.69, 9.17) is 0 Å². The lowest BCUT2D eigenvalue weighted by atomic mass is 9.89. The largest absolute Gasteiger partial charge is 0.504 e. The van der Waals surface area contributed by atoms with Crippen molar-refractivity contribution in [2.45, 2.75) is 32.2 Å². The van der Waals surface area contributed by atoms with Gasteiger partial charge in [-0.1, -0.05) is 54.6 Å². The normalized spacial score (nSPS) is 15.0. The minimum atomic E-state index is -0.0465. The molecular weight excluding hydrogens is 382 g/mol. The molecule has 0 saturated heterocycles. The van der Waals surface area contributed by atoms with Gasteiger partial charge in [-0.2, -0.15) is 0 Å². The first-order chi connectivity index (χ1) is 15.2. The molecule has 1 heterocycles. The first-order valence-electron chi connectivity index (χ1n) is 10.8. The Morgan fingerprint density at radius 2 is 1.71 bits per heavy atom. The third-order valence-corrected chi connectivity index (χ3v) is 6.24. The highest BCUT2D eigenvalue weighted by molar-refractivity contribution is 5.80. The molecule has 3 aliphatic rings. The summed E-state index contributed by atoms with van der Waals surface area (Å²) < 4.78 is 0. The van der Waals surface area contributed by atoms with Gasteiger partial charge in [-0.05, 0) is 81.8 Å². The van der Waals surface area contributed by atoms with Crippen LogP contribution in [0.15, 0.2) is 59.6 Å². The van der Waals surface area contributed by atoms with Gasteiger partial charge in [-0.25, -0.2) is 0 Å². The van der Waals surface area contributed by atoms with Gasteiger partial charge in [0.1, 0.15) is 0 Å². The van der Waals surface area contributed by atoms with E-state index in [1.54, 1.807) is 6.07 Å². The molecular formula is C28H25NO2. The van der Waals surface area contributed by atoms with Crippen molar-refractivity contribution in [3.63, 3.8) is 0 Å². The molecule has 2 aliphatic carbocycles. The van der Waals surface area contributed by atoms with Gasteiger partial charge in [0.05, 0.1) is 6.54 Å². The summed E-state index contributed by atoms with van der Waals surface area (Å²) in [6.45, 7) is 0.809. The molecule has 3 nitrogen and oxygen atoms in total. The number of benzene rings is 3. The van der Waals surface area contributed by atoms with Crippen molar-refractivity contribution in [2.24, 2.45) is 4.99 Å². The zero-order valence-corrected chi connectivity index (χ0v) is 17.4. The van der Waals surface area contributed by atoms with Gasteiger partial charge in [0, 0.05) is 11.4 Å². The maximum Gasteiger partial charge on any atom is 0.165 e. The second-order valence-electron chi connectivity index (χ2n) is 8.11. The number of aliphatic imine (C=N–C) groups is 1.